The SMILES string of the molecule is Cc1ccc(-c2csc(N)c2C(=O)OC2CCCCC2)c(C)c1. The summed E-state index contributed by atoms with van der Waals surface area (Å²) < 4.78 is 5.73. The number of carbonyl (C=O) groups excluding carboxylic acids is 1. The van der Waals surface area contributed by atoms with Gasteiger partial charge in [-0.05, 0) is 50.7 Å². The zero-order valence-electron chi connectivity index (χ0n) is 13.7. The molecule has 0 saturated heterocycles. The maximum Gasteiger partial charge on any atom is 0.342 e. The topological polar surface area (TPSA) is 52.3 Å². The Balaban J connectivity index is 1.90. The van der Waals surface area contributed by atoms with Crippen molar-refractivity contribution in [1.29, 1.82) is 0 Å². The molecule has 2 N–H and O–H groups in total. The van der Waals surface area contributed by atoms with Crippen molar-refractivity contribution in [1.82, 2.24) is 0 Å². The van der Waals surface area contributed by atoms with Crippen molar-refractivity contribution in [2.75, 3.05) is 5.73 Å². The van der Waals surface area contributed by atoms with Gasteiger partial charge in [0.1, 0.15) is 16.7 Å². The number of ether oxygens (including phenoxy) is 1. The number of hydrogen-bond donors (Lipinski definition) is 1. The zero-order valence-corrected chi connectivity index (χ0v) is 14.5. The number of anilines is 1. The molecular formula is C19H23NO2S. The number of benzene rings is 1. The lowest BCUT2D eigenvalue weighted by molar-refractivity contribution is 0.0214. The van der Waals surface area contributed by atoms with Crippen LogP contribution in [0.4, 0.5) is 5.00 Å². The number of aryl methyl sites for hydroxylation is 2. The Hall–Kier alpha value is -1.81. The Morgan fingerprint density at radius 3 is 2.61 bits per heavy atom. The van der Waals surface area contributed by atoms with Gasteiger partial charge in [-0.15, -0.1) is 11.3 Å². The molecule has 23 heavy (non-hydrogen) atoms. The van der Waals surface area contributed by atoms with Crippen molar-refractivity contribution in [2.45, 2.75) is 52.1 Å². The van der Waals surface area contributed by atoms with Gasteiger partial charge in [0, 0.05) is 10.9 Å². The molecule has 3 nitrogen and oxygen atoms in total. The highest BCUT2D eigenvalue weighted by Gasteiger charge is 2.24. The van der Waals surface area contributed by atoms with Gasteiger partial charge in [-0.2, -0.15) is 0 Å². The Labute approximate surface area is 141 Å². The molecule has 0 atom stereocenters. The van der Waals surface area contributed by atoms with Gasteiger partial charge in [0.25, 0.3) is 0 Å². The molecule has 0 aliphatic heterocycles. The molecule has 0 spiro atoms. The monoisotopic (exact) mass is 329 g/mol. The summed E-state index contributed by atoms with van der Waals surface area (Å²) in [5.74, 6) is -0.273. The first-order chi connectivity index (χ1) is 11.1. The standard InChI is InChI=1S/C19H23NO2S/c1-12-8-9-15(13(2)10-12)16-11-23-18(20)17(16)19(21)22-14-6-4-3-5-7-14/h8-11,14H,3-7,20H2,1-2H3. The molecule has 1 aliphatic rings. The fraction of sp³-hybridized carbons (Fsp3) is 0.421. The number of nitrogens with two attached hydrogens (primary N) is 1. The van der Waals surface area contributed by atoms with E-state index in [9.17, 15) is 4.79 Å². The summed E-state index contributed by atoms with van der Waals surface area (Å²) >= 11 is 1.41. The Morgan fingerprint density at radius 1 is 1.17 bits per heavy atom. The molecule has 0 bridgehead atoms. The maximum absolute atomic E-state index is 12.7. The minimum absolute atomic E-state index is 0.0440. The average Bonchev–Trinajstić information content (AvgIpc) is 2.90. The smallest absolute Gasteiger partial charge is 0.342 e. The zero-order chi connectivity index (χ0) is 16.4. The van der Waals surface area contributed by atoms with Gasteiger partial charge in [0.15, 0.2) is 0 Å². The van der Waals surface area contributed by atoms with E-state index in [0.29, 0.717) is 10.6 Å². The van der Waals surface area contributed by atoms with Crippen LogP contribution in [-0.2, 0) is 4.74 Å². The Kier molecular flexibility index (Phi) is 4.71. The van der Waals surface area contributed by atoms with Gasteiger partial charge in [-0.25, -0.2) is 4.79 Å². The van der Waals surface area contributed by atoms with Gasteiger partial charge < -0.3 is 10.5 Å². The third-order valence-electron chi connectivity index (χ3n) is 4.52. The van der Waals surface area contributed by atoms with E-state index in [1.807, 2.05) is 5.38 Å². The quantitative estimate of drug-likeness (QED) is 0.797. The molecule has 1 aromatic heterocycles. The van der Waals surface area contributed by atoms with E-state index in [4.69, 9.17) is 10.5 Å². The molecule has 4 heteroatoms. The molecule has 0 amide bonds. The van der Waals surface area contributed by atoms with Gasteiger partial charge >= 0.3 is 5.97 Å². The van der Waals surface area contributed by atoms with Crippen molar-refractivity contribution >= 4 is 22.3 Å². The largest absolute Gasteiger partial charge is 0.459 e. The second-order valence-electron chi connectivity index (χ2n) is 6.37. The van der Waals surface area contributed by atoms with Crippen LogP contribution in [0, 0.1) is 13.8 Å². The van der Waals surface area contributed by atoms with Crippen LogP contribution in [0.1, 0.15) is 53.6 Å². The first-order valence-corrected chi connectivity index (χ1v) is 9.10. The first-order valence-electron chi connectivity index (χ1n) is 8.22. The van der Waals surface area contributed by atoms with Crippen LogP contribution in [0.25, 0.3) is 11.1 Å². The molecule has 2 aromatic rings. The molecule has 0 radical (unpaired) electrons. The van der Waals surface area contributed by atoms with Crippen molar-refractivity contribution in [2.24, 2.45) is 0 Å². The van der Waals surface area contributed by atoms with Gasteiger partial charge in [0.2, 0.25) is 0 Å². The van der Waals surface area contributed by atoms with Crippen LogP contribution < -0.4 is 5.73 Å². The number of hydrogen-bond acceptors (Lipinski definition) is 4. The maximum atomic E-state index is 12.7. The number of nitrogen functional groups attached to an aromatic ring is 1. The van der Waals surface area contributed by atoms with Crippen molar-refractivity contribution < 1.29 is 9.53 Å². The van der Waals surface area contributed by atoms with E-state index in [1.165, 1.54) is 23.3 Å². The van der Waals surface area contributed by atoms with Crippen LogP contribution in [0.2, 0.25) is 0 Å². The van der Waals surface area contributed by atoms with E-state index in [-0.39, 0.29) is 12.1 Å². The second-order valence-corrected chi connectivity index (χ2v) is 7.28. The van der Waals surface area contributed by atoms with E-state index in [2.05, 4.69) is 32.0 Å². The molecule has 1 aromatic carbocycles. The summed E-state index contributed by atoms with van der Waals surface area (Å²) in [4.78, 5) is 12.7. The Bertz CT molecular complexity index is 714. The second kappa shape index (κ2) is 6.75. The summed E-state index contributed by atoms with van der Waals surface area (Å²) in [5, 5.41) is 2.51. The Morgan fingerprint density at radius 2 is 1.91 bits per heavy atom. The first kappa shape index (κ1) is 16.1. The molecule has 0 unspecified atom stereocenters. The third kappa shape index (κ3) is 3.42. The summed E-state index contributed by atoms with van der Waals surface area (Å²) in [6, 6.07) is 6.25. The molecule has 3 rings (SSSR count). The van der Waals surface area contributed by atoms with Crippen molar-refractivity contribution in [3.05, 3.63) is 40.3 Å². The van der Waals surface area contributed by atoms with Crippen LogP contribution >= 0.6 is 11.3 Å². The van der Waals surface area contributed by atoms with Crippen molar-refractivity contribution in [3.8, 4) is 11.1 Å². The van der Waals surface area contributed by atoms with Crippen LogP contribution in [0.15, 0.2) is 23.6 Å². The minimum Gasteiger partial charge on any atom is -0.459 e. The molecule has 1 heterocycles. The van der Waals surface area contributed by atoms with Gasteiger partial charge in [-0.1, -0.05) is 30.2 Å². The van der Waals surface area contributed by atoms with Gasteiger partial charge in [-0.3, -0.25) is 0 Å². The number of carbonyl (C=O) groups is 1. The van der Waals surface area contributed by atoms with Crippen molar-refractivity contribution in [3.63, 3.8) is 0 Å². The van der Waals surface area contributed by atoms with E-state index in [1.54, 1.807) is 0 Å². The molecule has 1 saturated carbocycles. The molecule has 1 fully saturated rings. The lowest BCUT2D eigenvalue weighted by Crippen LogP contribution is -2.21. The molecular weight excluding hydrogens is 306 g/mol. The van der Waals surface area contributed by atoms with Gasteiger partial charge in [0.05, 0.1) is 0 Å². The highest BCUT2D eigenvalue weighted by atomic mass is 32.1. The fourth-order valence-electron chi connectivity index (χ4n) is 3.29. The number of rotatable bonds is 3. The highest BCUT2D eigenvalue weighted by molar-refractivity contribution is 7.15. The predicted octanol–water partition coefficient (Wildman–Crippen LogP) is 5.10. The summed E-state index contributed by atoms with van der Waals surface area (Å²) in [6.45, 7) is 4.13. The van der Waals surface area contributed by atoms with E-state index < -0.39 is 0 Å². The van der Waals surface area contributed by atoms with Crippen LogP contribution in [0.3, 0.4) is 0 Å². The number of thiophene rings is 1. The molecule has 122 valence electrons. The minimum atomic E-state index is -0.273. The summed E-state index contributed by atoms with van der Waals surface area (Å²) in [5.41, 5.74) is 10.9. The third-order valence-corrected chi connectivity index (χ3v) is 5.33. The average molecular weight is 329 g/mol. The number of esters is 1. The van der Waals surface area contributed by atoms with Crippen LogP contribution in [0.5, 0.6) is 0 Å². The van der Waals surface area contributed by atoms with Crippen LogP contribution in [-0.4, -0.2) is 12.1 Å². The normalized spacial score (nSPS) is 15.6. The summed E-state index contributed by atoms with van der Waals surface area (Å²) in [7, 11) is 0. The predicted molar refractivity (Wildman–Crippen MR) is 95.9 cm³/mol. The summed E-state index contributed by atoms with van der Waals surface area (Å²) in [6.07, 6.45) is 5.50. The highest BCUT2D eigenvalue weighted by Crippen LogP contribution is 2.36. The fourth-order valence-corrected chi connectivity index (χ4v) is 4.09. The van der Waals surface area contributed by atoms with E-state index in [0.717, 1.165) is 42.4 Å². The lowest BCUT2D eigenvalue weighted by Gasteiger charge is -2.22. The molecule has 1 aliphatic carbocycles. The van der Waals surface area contributed by atoms with E-state index >= 15 is 0 Å². The lowest BCUT2D eigenvalue weighted by atomic mass is 9.96.